The van der Waals surface area contributed by atoms with Crippen molar-refractivity contribution in [1.82, 2.24) is 9.55 Å². The molecule has 0 N–H and O–H groups in total. The predicted molar refractivity (Wildman–Crippen MR) is 130 cm³/mol. The van der Waals surface area contributed by atoms with E-state index in [0.717, 1.165) is 10.4 Å². The highest BCUT2D eigenvalue weighted by atomic mass is 32.2. The zero-order valence-electron chi connectivity index (χ0n) is 17.6. The number of benzene rings is 2. The summed E-state index contributed by atoms with van der Waals surface area (Å²) in [5.41, 5.74) is 1.33. The summed E-state index contributed by atoms with van der Waals surface area (Å²) in [6.07, 6.45) is 1.77. The van der Waals surface area contributed by atoms with Crippen molar-refractivity contribution in [3.63, 3.8) is 0 Å². The summed E-state index contributed by atoms with van der Waals surface area (Å²) < 4.78 is 25.4. The van der Waals surface area contributed by atoms with E-state index >= 15 is 0 Å². The van der Waals surface area contributed by atoms with Gasteiger partial charge < -0.3 is 4.90 Å². The zero-order valence-corrected chi connectivity index (χ0v) is 19.3. The van der Waals surface area contributed by atoms with Crippen LogP contribution in [0.25, 0.3) is 20.7 Å². The molecule has 1 atom stereocenters. The Morgan fingerprint density at radius 3 is 2.45 bits per heavy atom. The topological polar surface area (TPSA) is 89.3 Å². The fourth-order valence-corrected chi connectivity index (χ4v) is 6.86. The minimum atomic E-state index is -3.19. The number of hydrogen-bond donors (Lipinski definition) is 0. The number of aromatic nitrogens is 2. The number of amides is 1. The molecule has 1 aliphatic heterocycles. The highest BCUT2D eigenvalue weighted by Gasteiger charge is 2.35. The second-order valence-corrected chi connectivity index (χ2v) is 11.3. The van der Waals surface area contributed by atoms with E-state index in [4.69, 9.17) is 0 Å². The maximum absolute atomic E-state index is 13.4. The number of anilines is 1. The van der Waals surface area contributed by atoms with Crippen LogP contribution >= 0.6 is 11.3 Å². The molecule has 0 radical (unpaired) electrons. The first-order chi connectivity index (χ1) is 15.9. The van der Waals surface area contributed by atoms with Gasteiger partial charge in [0, 0.05) is 10.6 Å². The average molecular weight is 480 g/mol. The molecular weight excluding hydrogens is 458 g/mol. The zero-order chi connectivity index (χ0) is 23.0. The van der Waals surface area contributed by atoms with Gasteiger partial charge in [0.25, 0.3) is 5.56 Å². The Bertz CT molecular complexity index is 1480. The summed E-state index contributed by atoms with van der Waals surface area (Å²) in [7, 11) is -3.19. The Balaban J connectivity index is 1.48. The highest BCUT2D eigenvalue weighted by Crippen LogP contribution is 2.30. The van der Waals surface area contributed by atoms with Crippen LogP contribution < -0.4 is 10.5 Å². The van der Waals surface area contributed by atoms with Crippen LogP contribution in [0.2, 0.25) is 0 Å². The second kappa shape index (κ2) is 8.57. The number of thiophene rings is 1. The molecule has 7 nitrogen and oxygen atoms in total. The van der Waals surface area contributed by atoms with Gasteiger partial charge in [0.2, 0.25) is 5.91 Å². The van der Waals surface area contributed by atoms with E-state index in [9.17, 15) is 18.0 Å². The molecule has 1 amide bonds. The van der Waals surface area contributed by atoms with Gasteiger partial charge in [-0.15, -0.1) is 11.3 Å². The van der Waals surface area contributed by atoms with Gasteiger partial charge in [-0.05, 0) is 30.2 Å². The smallest absolute Gasteiger partial charge is 0.262 e. The summed E-state index contributed by atoms with van der Waals surface area (Å²) >= 11 is 1.43. The Hall–Kier alpha value is -3.30. The molecule has 0 bridgehead atoms. The number of hydrogen-bond acceptors (Lipinski definition) is 6. The lowest BCUT2D eigenvalue weighted by Crippen LogP contribution is -2.44. The van der Waals surface area contributed by atoms with Crippen molar-refractivity contribution >= 4 is 43.0 Å². The largest absolute Gasteiger partial charge is 0.307 e. The number of fused-ring (bicyclic) bond motifs is 1. The predicted octanol–water partition coefficient (Wildman–Crippen LogP) is 3.35. The molecule has 3 heterocycles. The summed E-state index contributed by atoms with van der Waals surface area (Å²) in [6, 6.07) is 20.1. The van der Waals surface area contributed by atoms with E-state index < -0.39 is 15.9 Å². The summed E-state index contributed by atoms with van der Waals surface area (Å²) in [6.45, 7) is -0.219. The molecule has 0 spiro atoms. The number of carbonyl (C=O) groups excluding carboxylic acids is 1. The number of para-hydroxylation sites is 1. The van der Waals surface area contributed by atoms with Crippen LogP contribution in [0.5, 0.6) is 0 Å². The second-order valence-electron chi connectivity index (χ2n) is 8.03. The number of rotatable bonds is 5. The van der Waals surface area contributed by atoms with Crippen LogP contribution in [0, 0.1) is 0 Å². The lowest BCUT2D eigenvalue weighted by atomic mass is 10.1. The van der Waals surface area contributed by atoms with Gasteiger partial charge in [-0.2, -0.15) is 0 Å². The quantitative estimate of drug-likeness (QED) is 0.438. The first-order valence-corrected chi connectivity index (χ1v) is 13.2. The molecule has 1 saturated heterocycles. The van der Waals surface area contributed by atoms with Crippen molar-refractivity contribution in [2.24, 2.45) is 0 Å². The van der Waals surface area contributed by atoms with E-state index in [1.54, 1.807) is 24.3 Å². The first-order valence-electron chi connectivity index (χ1n) is 10.5. The number of carbonyl (C=O) groups is 1. The fraction of sp³-hybridized carbons (Fsp3) is 0.208. The monoisotopic (exact) mass is 479 g/mol. The van der Waals surface area contributed by atoms with Crippen LogP contribution in [-0.2, 0) is 21.2 Å². The lowest BCUT2D eigenvalue weighted by Gasteiger charge is -2.28. The van der Waals surface area contributed by atoms with Crippen LogP contribution in [-0.4, -0.2) is 41.4 Å². The third-order valence-electron chi connectivity index (χ3n) is 5.76. The fourth-order valence-electron chi connectivity index (χ4n) is 4.17. The van der Waals surface area contributed by atoms with E-state index in [0.29, 0.717) is 22.3 Å². The minimum Gasteiger partial charge on any atom is -0.307 e. The normalized spacial score (nSPS) is 17.3. The van der Waals surface area contributed by atoms with Gasteiger partial charge >= 0.3 is 0 Å². The van der Waals surface area contributed by atoms with Gasteiger partial charge in [-0.1, -0.05) is 48.5 Å². The number of sulfone groups is 1. The lowest BCUT2D eigenvalue weighted by molar-refractivity contribution is -0.119. The summed E-state index contributed by atoms with van der Waals surface area (Å²) in [5, 5.41) is 0.462. The molecule has 1 unspecified atom stereocenters. The SMILES string of the molecule is O=C(Cn1cnc2sc(-c3ccccc3)cc2c1=O)N(c1ccccc1)C1CCS(=O)(=O)C1. The Kier molecular flexibility index (Phi) is 5.59. The molecule has 1 fully saturated rings. The van der Waals surface area contributed by atoms with Crippen molar-refractivity contribution < 1.29 is 13.2 Å². The summed E-state index contributed by atoms with van der Waals surface area (Å²) in [4.78, 5) is 34.0. The molecule has 0 aliphatic carbocycles. The van der Waals surface area contributed by atoms with Gasteiger partial charge in [0.05, 0.1) is 29.3 Å². The average Bonchev–Trinajstić information content (AvgIpc) is 3.41. The molecule has 2 aromatic heterocycles. The van der Waals surface area contributed by atoms with Crippen LogP contribution in [0.1, 0.15) is 6.42 Å². The number of nitrogens with zero attached hydrogens (tertiary/aromatic N) is 3. The van der Waals surface area contributed by atoms with Gasteiger partial charge in [0.1, 0.15) is 11.4 Å². The van der Waals surface area contributed by atoms with Crippen molar-refractivity contribution in [3.05, 3.63) is 83.4 Å². The molecular formula is C24H21N3O4S2. The van der Waals surface area contributed by atoms with Gasteiger partial charge in [0.15, 0.2) is 9.84 Å². The molecule has 33 heavy (non-hydrogen) atoms. The van der Waals surface area contributed by atoms with Gasteiger partial charge in [-0.25, -0.2) is 13.4 Å². The molecule has 0 saturated carbocycles. The van der Waals surface area contributed by atoms with Crippen LogP contribution in [0.4, 0.5) is 5.69 Å². The van der Waals surface area contributed by atoms with E-state index in [-0.39, 0.29) is 29.5 Å². The van der Waals surface area contributed by atoms with Crippen LogP contribution in [0.15, 0.2) is 77.9 Å². The van der Waals surface area contributed by atoms with E-state index in [2.05, 4.69) is 4.98 Å². The maximum atomic E-state index is 13.4. The molecule has 2 aromatic carbocycles. The third kappa shape index (κ3) is 4.34. The molecule has 1 aliphatic rings. The molecule has 9 heteroatoms. The van der Waals surface area contributed by atoms with Crippen molar-refractivity contribution in [2.75, 3.05) is 16.4 Å². The molecule has 5 rings (SSSR count). The van der Waals surface area contributed by atoms with E-state index in [1.165, 1.54) is 27.1 Å². The van der Waals surface area contributed by atoms with Crippen LogP contribution in [0.3, 0.4) is 0 Å². The van der Waals surface area contributed by atoms with Gasteiger partial charge in [-0.3, -0.25) is 14.2 Å². The van der Waals surface area contributed by atoms with Crippen molar-refractivity contribution in [2.45, 2.75) is 19.0 Å². The summed E-state index contributed by atoms with van der Waals surface area (Å²) in [5.74, 6) is -0.367. The Morgan fingerprint density at radius 2 is 1.79 bits per heavy atom. The standard InChI is InChI=1S/C24H21N3O4S2/c28-22(27(18-9-5-2-6-10-18)19-11-12-33(30,31)15-19)14-26-16-25-23-20(24(26)29)13-21(32-23)17-7-3-1-4-8-17/h1-10,13,16,19H,11-12,14-15H2. The van der Waals surface area contributed by atoms with Crippen molar-refractivity contribution in [1.29, 1.82) is 0 Å². The maximum Gasteiger partial charge on any atom is 0.262 e. The molecule has 4 aromatic rings. The first kappa shape index (κ1) is 21.5. The van der Waals surface area contributed by atoms with E-state index in [1.807, 2.05) is 42.5 Å². The Labute approximate surface area is 194 Å². The van der Waals surface area contributed by atoms with Crippen molar-refractivity contribution in [3.8, 4) is 10.4 Å². The highest BCUT2D eigenvalue weighted by molar-refractivity contribution is 7.91. The Morgan fingerprint density at radius 1 is 1.09 bits per heavy atom. The minimum absolute atomic E-state index is 0.0545. The molecule has 168 valence electrons. The third-order valence-corrected chi connectivity index (χ3v) is 8.60.